The summed E-state index contributed by atoms with van der Waals surface area (Å²) >= 11 is 11.5. The Labute approximate surface area is 155 Å². The highest BCUT2D eigenvalue weighted by atomic mass is 35.5. The molecule has 130 valence electrons. The van der Waals surface area contributed by atoms with Gasteiger partial charge in [-0.2, -0.15) is 0 Å². The number of fused-ring (bicyclic) bond motifs is 1. The number of hydrogen-bond acceptors (Lipinski definition) is 4. The zero-order valence-corrected chi connectivity index (χ0v) is 14.9. The Morgan fingerprint density at radius 2 is 2.08 bits per heavy atom. The van der Waals surface area contributed by atoms with Crippen LogP contribution >= 0.6 is 23.8 Å². The van der Waals surface area contributed by atoms with Gasteiger partial charge >= 0.3 is 5.97 Å². The molecule has 0 unspecified atom stereocenters. The van der Waals surface area contributed by atoms with Crippen molar-refractivity contribution in [3.8, 4) is 5.75 Å². The minimum absolute atomic E-state index is 0.237. The van der Waals surface area contributed by atoms with Crippen LogP contribution in [-0.4, -0.2) is 29.3 Å². The third-order valence-electron chi connectivity index (χ3n) is 3.93. The van der Waals surface area contributed by atoms with Crippen LogP contribution in [-0.2, 0) is 9.53 Å². The van der Waals surface area contributed by atoms with Crippen molar-refractivity contribution < 1.29 is 19.4 Å². The van der Waals surface area contributed by atoms with Gasteiger partial charge in [0.25, 0.3) is 0 Å². The van der Waals surface area contributed by atoms with E-state index in [0.717, 1.165) is 16.8 Å². The molecule has 0 aromatic heterocycles. The molecule has 0 fully saturated rings. The first-order valence-electron chi connectivity index (χ1n) is 7.60. The average Bonchev–Trinajstić information content (AvgIpc) is 2.71. The van der Waals surface area contributed by atoms with Crippen molar-refractivity contribution in [3.05, 3.63) is 58.6 Å². The molecule has 1 heterocycles. The van der Waals surface area contributed by atoms with Gasteiger partial charge in [0.05, 0.1) is 13.5 Å². The summed E-state index contributed by atoms with van der Waals surface area (Å²) in [5, 5.41) is 12.8. The fraction of sp³-hybridized carbons (Fsp3) is 0.222. The minimum Gasteiger partial charge on any atom is -0.496 e. The van der Waals surface area contributed by atoms with Crippen LogP contribution in [0.25, 0.3) is 0 Å². The van der Waals surface area contributed by atoms with Gasteiger partial charge in [0.2, 0.25) is 0 Å². The molecule has 2 aromatic rings. The Bertz CT molecular complexity index is 826. The molecule has 3 rings (SSSR count). The van der Waals surface area contributed by atoms with Gasteiger partial charge < -0.3 is 19.9 Å². The van der Waals surface area contributed by atoms with Gasteiger partial charge in [0, 0.05) is 21.8 Å². The van der Waals surface area contributed by atoms with Crippen molar-refractivity contribution in [3.63, 3.8) is 0 Å². The summed E-state index contributed by atoms with van der Waals surface area (Å²) in [5.41, 5.74) is 2.28. The number of ether oxygens (including phenoxy) is 2. The number of carboxylic acid groups (broad SMARTS) is 1. The molecule has 2 atom stereocenters. The van der Waals surface area contributed by atoms with Crippen molar-refractivity contribution in [1.82, 2.24) is 0 Å². The van der Waals surface area contributed by atoms with Gasteiger partial charge in [-0.3, -0.25) is 4.79 Å². The van der Waals surface area contributed by atoms with E-state index in [1.165, 1.54) is 0 Å². The van der Waals surface area contributed by atoms with Gasteiger partial charge in [-0.1, -0.05) is 42.0 Å². The van der Waals surface area contributed by atoms with Gasteiger partial charge in [-0.05, 0) is 24.3 Å². The first-order valence-corrected chi connectivity index (χ1v) is 8.38. The molecule has 0 spiro atoms. The van der Waals surface area contributed by atoms with Crippen LogP contribution in [0.15, 0.2) is 42.5 Å². The summed E-state index contributed by atoms with van der Waals surface area (Å²) in [6.07, 6.45) is -1.57. The molecule has 2 aromatic carbocycles. The van der Waals surface area contributed by atoms with E-state index in [1.54, 1.807) is 25.3 Å². The van der Waals surface area contributed by atoms with E-state index in [1.807, 2.05) is 24.3 Å². The van der Waals surface area contributed by atoms with E-state index < -0.39 is 18.2 Å². The standard InChI is InChI=1S/C18H16ClNO4S/c1-23-14-5-3-2-4-11(14)17-12-8-10(19)6-7-13(12)20-18(25)15(24-17)9-16(21)22/h2-8,15,17H,9H2,1H3,(H,20,25)(H,21,22)/t15-,17-/m1/s1. The number of anilines is 1. The van der Waals surface area contributed by atoms with Crippen LogP contribution < -0.4 is 10.1 Å². The van der Waals surface area contributed by atoms with Gasteiger partial charge in [0.1, 0.15) is 22.9 Å². The lowest BCUT2D eigenvalue weighted by molar-refractivity contribution is -0.139. The summed E-state index contributed by atoms with van der Waals surface area (Å²) in [6.45, 7) is 0. The molecule has 0 amide bonds. The molecule has 0 aliphatic carbocycles. The Kier molecular flexibility index (Phi) is 5.22. The summed E-state index contributed by atoms with van der Waals surface area (Å²) in [7, 11) is 1.58. The largest absolute Gasteiger partial charge is 0.496 e. The second kappa shape index (κ2) is 7.39. The first-order chi connectivity index (χ1) is 12.0. The van der Waals surface area contributed by atoms with Crippen LogP contribution in [0.4, 0.5) is 5.69 Å². The molecule has 2 N–H and O–H groups in total. The first kappa shape index (κ1) is 17.7. The third kappa shape index (κ3) is 3.76. The highest BCUT2D eigenvalue weighted by molar-refractivity contribution is 7.80. The maximum Gasteiger partial charge on any atom is 0.306 e. The number of thiocarbonyl (C=S) groups is 1. The lowest BCUT2D eigenvalue weighted by Crippen LogP contribution is -2.30. The molecule has 0 saturated carbocycles. The predicted octanol–water partition coefficient (Wildman–Crippen LogP) is 4.05. The number of aliphatic carboxylic acids is 1. The van der Waals surface area contributed by atoms with Gasteiger partial charge in [0.15, 0.2) is 0 Å². The highest BCUT2D eigenvalue weighted by Crippen LogP contribution is 2.40. The molecule has 0 radical (unpaired) electrons. The number of hydrogen-bond donors (Lipinski definition) is 2. The minimum atomic E-state index is -0.989. The highest BCUT2D eigenvalue weighted by Gasteiger charge is 2.32. The van der Waals surface area contributed by atoms with E-state index in [4.69, 9.17) is 33.3 Å². The van der Waals surface area contributed by atoms with Crippen LogP contribution in [0.3, 0.4) is 0 Å². The Morgan fingerprint density at radius 3 is 2.80 bits per heavy atom. The van der Waals surface area contributed by atoms with E-state index in [-0.39, 0.29) is 6.42 Å². The van der Waals surface area contributed by atoms with Crippen LogP contribution in [0.1, 0.15) is 23.7 Å². The van der Waals surface area contributed by atoms with Crippen molar-refractivity contribution in [1.29, 1.82) is 0 Å². The molecule has 0 bridgehead atoms. The molecular weight excluding hydrogens is 362 g/mol. The van der Waals surface area contributed by atoms with Crippen LogP contribution in [0.2, 0.25) is 5.02 Å². The predicted molar refractivity (Wildman–Crippen MR) is 99.6 cm³/mol. The molecule has 0 saturated heterocycles. The van der Waals surface area contributed by atoms with Crippen LogP contribution in [0.5, 0.6) is 5.75 Å². The number of carbonyl (C=O) groups is 1. The van der Waals surface area contributed by atoms with E-state index in [2.05, 4.69) is 5.32 Å². The molecule has 5 nitrogen and oxygen atoms in total. The van der Waals surface area contributed by atoms with Crippen molar-refractivity contribution in [2.45, 2.75) is 18.6 Å². The molecule has 1 aliphatic rings. The number of halogens is 1. The Hall–Kier alpha value is -2.15. The van der Waals surface area contributed by atoms with E-state index >= 15 is 0 Å². The maximum atomic E-state index is 11.2. The van der Waals surface area contributed by atoms with Crippen molar-refractivity contribution >= 4 is 40.5 Å². The normalized spacial score (nSPS) is 19.5. The van der Waals surface area contributed by atoms with E-state index in [0.29, 0.717) is 15.8 Å². The average molecular weight is 378 g/mol. The quantitative estimate of drug-likeness (QED) is 0.783. The lowest BCUT2D eigenvalue weighted by Gasteiger charge is -2.23. The SMILES string of the molecule is COc1ccccc1[C@H]1O[C@H](CC(=O)O)C(=S)Nc2ccc(Cl)cc21. The van der Waals surface area contributed by atoms with Gasteiger partial charge in [-0.25, -0.2) is 0 Å². The number of carboxylic acids is 1. The number of nitrogens with one attached hydrogen (secondary N) is 1. The molecule has 25 heavy (non-hydrogen) atoms. The zero-order valence-electron chi connectivity index (χ0n) is 13.4. The van der Waals surface area contributed by atoms with Crippen molar-refractivity contribution in [2.24, 2.45) is 0 Å². The molecule has 1 aliphatic heterocycles. The summed E-state index contributed by atoms with van der Waals surface area (Å²) in [5.74, 6) is -0.350. The second-order valence-corrected chi connectivity index (χ2v) is 6.44. The van der Waals surface area contributed by atoms with E-state index in [9.17, 15) is 9.90 Å². The third-order valence-corrected chi connectivity index (χ3v) is 4.53. The molecule has 7 heteroatoms. The topological polar surface area (TPSA) is 67.8 Å². The zero-order chi connectivity index (χ0) is 18.0. The smallest absolute Gasteiger partial charge is 0.306 e. The maximum absolute atomic E-state index is 11.2. The number of para-hydroxylation sites is 1. The summed E-state index contributed by atoms with van der Waals surface area (Å²) in [6, 6.07) is 12.8. The van der Waals surface area contributed by atoms with Crippen molar-refractivity contribution in [2.75, 3.05) is 12.4 Å². The number of benzene rings is 2. The van der Waals surface area contributed by atoms with Crippen LogP contribution in [0, 0.1) is 0 Å². The number of methoxy groups -OCH3 is 1. The monoisotopic (exact) mass is 377 g/mol. The number of rotatable bonds is 4. The fourth-order valence-corrected chi connectivity index (χ4v) is 3.23. The molecular formula is C18H16ClNO4S. The van der Waals surface area contributed by atoms with Gasteiger partial charge in [-0.15, -0.1) is 0 Å². The Balaban J connectivity index is 2.13. The Morgan fingerprint density at radius 1 is 1.32 bits per heavy atom. The lowest BCUT2D eigenvalue weighted by atomic mass is 9.99. The summed E-state index contributed by atoms with van der Waals surface area (Å²) in [4.78, 5) is 11.5. The fourth-order valence-electron chi connectivity index (χ4n) is 2.80. The second-order valence-electron chi connectivity index (χ2n) is 5.57. The summed E-state index contributed by atoms with van der Waals surface area (Å²) < 4.78 is 11.6.